The molecule has 1 fully saturated rings. The molecule has 29 heavy (non-hydrogen) atoms. The molecule has 1 atom stereocenters. The minimum Gasteiger partial charge on any atom is -0.375 e. The fourth-order valence-corrected chi connectivity index (χ4v) is 3.85. The molecule has 0 saturated carbocycles. The van der Waals surface area contributed by atoms with Gasteiger partial charge >= 0.3 is 0 Å². The normalized spacial score (nSPS) is 17.0. The predicted molar refractivity (Wildman–Crippen MR) is 107 cm³/mol. The third kappa shape index (κ3) is 4.15. The van der Waals surface area contributed by atoms with Crippen LogP contribution in [0.2, 0.25) is 5.02 Å². The summed E-state index contributed by atoms with van der Waals surface area (Å²) >= 11 is 6.06. The highest BCUT2D eigenvalue weighted by Gasteiger charge is 2.27. The van der Waals surface area contributed by atoms with Crippen molar-refractivity contribution in [3.63, 3.8) is 0 Å². The van der Waals surface area contributed by atoms with Gasteiger partial charge in [0.25, 0.3) is 5.56 Å². The number of amides is 1. The molecule has 2 aromatic heterocycles. The van der Waals surface area contributed by atoms with Crippen LogP contribution in [0.1, 0.15) is 30.1 Å². The van der Waals surface area contributed by atoms with Crippen molar-refractivity contribution < 1.29 is 9.53 Å². The Labute approximate surface area is 171 Å². The van der Waals surface area contributed by atoms with Crippen molar-refractivity contribution in [1.82, 2.24) is 29.9 Å². The van der Waals surface area contributed by atoms with E-state index in [1.807, 2.05) is 18.2 Å². The van der Waals surface area contributed by atoms with Crippen LogP contribution in [0.25, 0.3) is 11.2 Å². The summed E-state index contributed by atoms with van der Waals surface area (Å²) in [6.07, 6.45) is 1.67. The molecular formula is C19H21ClN6O3. The Morgan fingerprint density at radius 2 is 2.28 bits per heavy atom. The number of H-pyrrole nitrogens is 1. The number of carbonyl (C=O) groups excluding carboxylic acids is 1. The summed E-state index contributed by atoms with van der Waals surface area (Å²) in [4.78, 5) is 34.0. The van der Waals surface area contributed by atoms with Crippen molar-refractivity contribution >= 4 is 28.7 Å². The van der Waals surface area contributed by atoms with E-state index in [-0.39, 0.29) is 29.5 Å². The second kappa shape index (κ2) is 8.30. The molecule has 1 aromatic carbocycles. The van der Waals surface area contributed by atoms with Crippen molar-refractivity contribution in [3.8, 4) is 0 Å². The highest BCUT2D eigenvalue weighted by Crippen LogP contribution is 2.25. The van der Waals surface area contributed by atoms with Gasteiger partial charge in [-0.05, 0) is 30.5 Å². The van der Waals surface area contributed by atoms with Gasteiger partial charge in [-0.15, -0.1) is 5.10 Å². The molecular weight excluding hydrogens is 396 g/mol. The quantitative estimate of drug-likeness (QED) is 0.676. The molecule has 4 rings (SSSR count). The summed E-state index contributed by atoms with van der Waals surface area (Å²) in [5.41, 5.74) is 1.22. The van der Waals surface area contributed by atoms with Gasteiger partial charge in [-0.25, -0.2) is 9.67 Å². The fourth-order valence-electron chi connectivity index (χ4n) is 3.63. The molecule has 0 radical (unpaired) electrons. The van der Waals surface area contributed by atoms with Crippen molar-refractivity contribution in [2.24, 2.45) is 0 Å². The SMILES string of the molecule is COCC(=O)N1CCCC(c2nc3c(nnn3Cc3cccc(Cl)c3)c(=O)[nH]2)C1. The number of rotatable bonds is 5. The summed E-state index contributed by atoms with van der Waals surface area (Å²) < 4.78 is 6.54. The lowest BCUT2D eigenvalue weighted by molar-refractivity contribution is -0.136. The molecule has 1 amide bonds. The molecule has 10 heteroatoms. The van der Waals surface area contributed by atoms with E-state index in [0.717, 1.165) is 18.4 Å². The first kappa shape index (κ1) is 19.5. The van der Waals surface area contributed by atoms with E-state index in [9.17, 15) is 9.59 Å². The van der Waals surface area contributed by atoms with Crippen molar-refractivity contribution in [1.29, 1.82) is 0 Å². The lowest BCUT2D eigenvalue weighted by atomic mass is 9.97. The maximum Gasteiger partial charge on any atom is 0.281 e. The number of ether oxygens (including phenoxy) is 1. The van der Waals surface area contributed by atoms with Gasteiger partial charge in [0.15, 0.2) is 11.2 Å². The summed E-state index contributed by atoms with van der Waals surface area (Å²) in [5.74, 6) is 0.427. The van der Waals surface area contributed by atoms with Crippen LogP contribution in [0.5, 0.6) is 0 Å². The Bertz CT molecular complexity index is 1090. The Morgan fingerprint density at radius 3 is 3.07 bits per heavy atom. The number of nitrogens with zero attached hydrogens (tertiary/aromatic N) is 5. The minimum absolute atomic E-state index is 0.0476. The summed E-state index contributed by atoms with van der Waals surface area (Å²) in [6, 6.07) is 7.42. The van der Waals surface area contributed by atoms with Crippen LogP contribution < -0.4 is 5.56 Å². The molecule has 1 unspecified atom stereocenters. The molecule has 1 aliphatic heterocycles. The molecule has 0 bridgehead atoms. The van der Waals surface area contributed by atoms with Gasteiger partial charge < -0.3 is 14.6 Å². The maximum atomic E-state index is 12.5. The summed E-state index contributed by atoms with van der Waals surface area (Å²) in [5, 5.41) is 8.70. The lowest BCUT2D eigenvalue weighted by Crippen LogP contribution is -2.41. The number of fused-ring (bicyclic) bond motifs is 1. The molecule has 0 aliphatic carbocycles. The monoisotopic (exact) mass is 416 g/mol. The Kier molecular flexibility index (Phi) is 5.59. The zero-order valence-corrected chi connectivity index (χ0v) is 16.7. The molecule has 3 heterocycles. The first-order chi connectivity index (χ1) is 14.0. The standard InChI is InChI=1S/C19H21ClN6O3/c1-29-11-15(27)25-7-3-5-13(10-25)17-21-18-16(19(28)22-17)23-24-26(18)9-12-4-2-6-14(20)8-12/h2,4,6,8,13H,3,5,7,9-11H2,1H3,(H,21,22,28). The number of hydrogen-bond acceptors (Lipinski definition) is 6. The van der Waals surface area contributed by atoms with Crippen LogP contribution in [0.4, 0.5) is 0 Å². The second-order valence-corrected chi connectivity index (χ2v) is 7.55. The summed E-state index contributed by atoms with van der Waals surface area (Å²) in [7, 11) is 1.50. The van der Waals surface area contributed by atoms with Gasteiger partial charge in [-0.1, -0.05) is 28.9 Å². The van der Waals surface area contributed by atoms with Gasteiger partial charge in [0.05, 0.1) is 6.54 Å². The number of piperidine rings is 1. The van der Waals surface area contributed by atoms with E-state index in [4.69, 9.17) is 16.3 Å². The number of carbonyl (C=O) groups is 1. The van der Waals surface area contributed by atoms with Gasteiger partial charge in [-0.3, -0.25) is 9.59 Å². The molecule has 3 aromatic rings. The molecule has 1 saturated heterocycles. The first-order valence-corrected chi connectivity index (χ1v) is 9.77. The molecule has 1 aliphatic rings. The molecule has 1 N–H and O–H groups in total. The number of aromatic nitrogens is 5. The Morgan fingerprint density at radius 1 is 1.41 bits per heavy atom. The lowest BCUT2D eigenvalue weighted by Gasteiger charge is -2.32. The van der Waals surface area contributed by atoms with Crippen LogP contribution >= 0.6 is 11.6 Å². The average Bonchev–Trinajstić information content (AvgIpc) is 3.11. The second-order valence-electron chi connectivity index (χ2n) is 7.11. The topological polar surface area (TPSA) is 106 Å². The number of methoxy groups -OCH3 is 1. The van der Waals surface area contributed by atoms with Crippen molar-refractivity contribution in [2.45, 2.75) is 25.3 Å². The van der Waals surface area contributed by atoms with Crippen LogP contribution in [0, 0.1) is 0 Å². The smallest absolute Gasteiger partial charge is 0.281 e. The van der Waals surface area contributed by atoms with Crippen LogP contribution in [0.15, 0.2) is 29.1 Å². The van der Waals surface area contributed by atoms with Gasteiger partial charge in [0.2, 0.25) is 5.91 Å². The molecule has 0 spiro atoms. The number of aromatic amines is 1. The number of benzene rings is 1. The highest BCUT2D eigenvalue weighted by molar-refractivity contribution is 6.30. The van der Waals surface area contributed by atoms with Gasteiger partial charge in [-0.2, -0.15) is 0 Å². The van der Waals surface area contributed by atoms with E-state index in [2.05, 4.69) is 20.3 Å². The van der Waals surface area contributed by atoms with Crippen LogP contribution in [-0.2, 0) is 16.1 Å². The van der Waals surface area contributed by atoms with E-state index in [0.29, 0.717) is 36.1 Å². The largest absolute Gasteiger partial charge is 0.375 e. The number of halogens is 1. The predicted octanol–water partition coefficient (Wildman–Crippen LogP) is 1.57. The van der Waals surface area contributed by atoms with Crippen LogP contribution in [-0.4, -0.2) is 62.6 Å². The van der Waals surface area contributed by atoms with Crippen LogP contribution in [0.3, 0.4) is 0 Å². The maximum absolute atomic E-state index is 12.5. The number of likely N-dealkylation sites (tertiary alicyclic amines) is 1. The fraction of sp³-hybridized carbons (Fsp3) is 0.421. The summed E-state index contributed by atoms with van der Waals surface area (Å²) in [6.45, 7) is 1.62. The minimum atomic E-state index is -0.331. The average molecular weight is 417 g/mol. The zero-order valence-electron chi connectivity index (χ0n) is 16.0. The van der Waals surface area contributed by atoms with E-state index in [1.54, 1.807) is 15.6 Å². The van der Waals surface area contributed by atoms with E-state index in [1.165, 1.54) is 7.11 Å². The zero-order chi connectivity index (χ0) is 20.4. The van der Waals surface area contributed by atoms with Gasteiger partial charge in [0, 0.05) is 31.1 Å². The number of nitrogens with one attached hydrogen (secondary N) is 1. The Hall–Kier alpha value is -2.78. The third-order valence-electron chi connectivity index (χ3n) is 5.04. The van der Waals surface area contributed by atoms with Crippen molar-refractivity contribution in [3.05, 3.63) is 51.0 Å². The molecule has 9 nitrogen and oxygen atoms in total. The van der Waals surface area contributed by atoms with Crippen molar-refractivity contribution in [2.75, 3.05) is 26.8 Å². The van der Waals surface area contributed by atoms with Gasteiger partial charge in [0.1, 0.15) is 12.4 Å². The Balaban J connectivity index is 1.64. The number of hydrogen-bond donors (Lipinski definition) is 1. The van der Waals surface area contributed by atoms with E-state index < -0.39 is 0 Å². The first-order valence-electron chi connectivity index (χ1n) is 9.39. The third-order valence-corrected chi connectivity index (χ3v) is 5.28. The highest BCUT2D eigenvalue weighted by atomic mass is 35.5. The molecule has 152 valence electrons. The van der Waals surface area contributed by atoms with E-state index >= 15 is 0 Å².